The lowest BCUT2D eigenvalue weighted by molar-refractivity contribution is 0.224. The molecule has 1 atom stereocenters. The molecule has 14 heavy (non-hydrogen) atoms. The highest BCUT2D eigenvalue weighted by atomic mass is 32.1. The Morgan fingerprint density at radius 2 is 1.86 bits per heavy atom. The van der Waals surface area contributed by atoms with Gasteiger partial charge in [-0.25, -0.2) is 0 Å². The average Bonchev–Trinajstić information content (AvgIpc) is 2.71. The molecule has 3 heteroatoms. The van der Waals surface area contributed by atoms with Gasteiger partial charge < -0.3 is 10.8 Å². The zero-order chi connectivity index (χ0) is 9.97. The van der Waals surface area contributed by atoms with Crippen molar-refractivity contribution in [1.82, 2.24) is 0 Å². The molecule has 1 aromatic heterocycles. The maximum Gasteiger partial charge on any atom is 0.113 e. The van der Waals surface area contributed by atoms with E-state index in [1.807, 2.05) is 29.6 Å². The van der Waals surface area contributed by atoms with Gasteiger partial charge in [0.15, 0.2) is 0 Å². The fourth-order valence-electron chi connectivity index (χ4n) is 1.29. The van der Waals surface area contributed by atoms with Crippen LogP contribution in [-0.4, -0.2) is 5.11 Å². The van der Waals surface area contributed by atoms with E-state index in [1.165, 1.54) is 0 Å². The minimum Gasteiger partial charge on any atom is -0.399 e. The third-order valence-corrected chi connectivity index (χ3v) is 2.99. The first kappa shape index (κ1) is 9.24. The number of nitrogens with two attached hydrogens (primary N) is 1. The lowest BCUT2D eigenvalue weighted by Gasteiger charge is -2.08. The van der Waals surface area contributed by atoms with Crippen LogP contribution in [0, 0.1) is 0 Å². The quantitative estimate of drug-likeness (QED) is 0.739. The predicted molar refractivity (Wildman–Crippen MR) is 59.2 cm³/mol. The van der Waals surface area contributed by atoms with E-state index in [2.05, 4.69) is 0 Å². The van der Waals surface area contributed by atoms with Crippen molar-refractivity contribution in [3.63, 3.8) is 0 Å². The van der Waals surface area contributed by atoms with Gasteiger partial charge in [0.05, 0.1) is 0 Å². The monoisotopic (exact) mass is 205 g/mol. The smallest absolute Gasteiger partial charge is 0.113 e. The molecule has 2 rings (SSSR count). The molecule has 0 aliphatic rings. The van der Waals surface area contributed by atoms with E-state index in [4.69, 9.17) is 5.73 Å². The Labute approximate surface area is 86.6 Å². The van der Waals surface area contributed by atoms with Gasteiger partial charge in [-0.2, -0.15) is 0 Å². The van der Waals surface area contributed by atoms with Crippen LogP contribution in [0.2, 0.25) is 0 Å². The molecular formula is C11H11NOS. The van der Waals surface area contributed by atoms with Crippen molar-refractivity contribution in [2.45, 2.75) is 6.10 Å². The van der Waals surface area contributed by atoms with E-state index in [9.17, 15) is 5.11 Å². The summed E-state index contributed by atoms with van der Waals surface area (Å²) in [6.07, 6.45) is -0.532. The first-order chi connectivity index (χ1) is 6.77. The summed E-state index contributed by atoms with van der Waals surface area (Å²) in [4.78, 5) is 0.953. The summed E-state index contributed by atoms with van der Waals surface area (Å²) in [6, 6.07) is 11.1. The second-order valence-corrected chi connectivity index (χ2v) is 4.06. The molecule has 0 unspecified atom stereocenters. The number of hydrogen-bond donors (Lipinski definition) is 2. The summed E-state index contributed by atoms with van der Waals surface area (Å²) in [5.41, 5.74) is 7.16. The van der Waals surface area contributed by atoms with Gasteiger partial charge in [-0.3, -0.25) is 0 Å². The lowest BCUT2D eigenvalue weighted by atomic mass is 10.1. The normalized spacial score (nSPS) is 12.6. The molecule has 1 aromatic carbocycles. The molecule has 0 saturated carbocycles. The van der Waals surface area contributed by atoms with Crippen LogP contribution in [0.5, 0.6) is 0 Å². The van der Waals surface area contributed by atoms with E-state index in [-0.39, 0.29) is 0 Å². The van der Waals surface area contributed by atoms with E-state index < -0.39 is 6.10 Å². The molecule has 2 nitrogen and oxygen atoms in total. The van der Waals surface area contributed by atoms with E-state index in [0.29, 0.717) is 5.69 Å². The Hall–Kier alpha value is -1.32. The molecule has 0 saturated heterocycles. The Kier molecular flexibility index (Phi) is 2.52. The predicted octanol–water partition coefficient (Wildman–Crippen LogP) is 2.41. The van der Waals surface area contributed by atoms with E-state index >= 15 is 0 Å². The maximum absolute atomic E-state index is 9.94. The fraction of sp³-hybridized carbons (Fsp3) is 0.0909. The summed E-state index contributed by atoms with van der Waals surface area (Å²) < 4.78 is 0. The van der Waals surface area contributed by atoms with Crippen LogP contribution in [0.25, 0.3) is 0 Å². The Balaban J connectivity index is 2.28. The zero-order valence-corrected chi connectivity index (χ0v) is 8.37. The fourth-order valence-corrected chi connectivity index (χ4v) is 2.03. The summed E-state index contributed by atoms with van der Waals surface area (Å²) in [6.45, 7) is 0. The number of thiophene rings is 1. The molecule has 0 amide bonds. The van der Waals surface area contributed by atoms with Gasteiger partial charge >= 0.3 is 0 Å². The molecule has 0 aliphatic carbocycles. The van der Waals surface area contributed by atoms with Gasteiger partial charge in [0.1, 0.15) is 6.10 Å². The zero-order valence-electron chi connectivity index (χ0n) is 7.55. The highest BCUT2D eigenvalue weighted by Crippen LogP contribution is 2.25. The topological polar surface area (TPSA) is 46.2 Å². The Morgan fingerprint density at radius 1 is 1.14 bits per heavy atom. The molecular weight excluding hydrogens is 194 g/mol. The number of aliphatic hydroxyl groups is 1. The Bertz CT molecular complexity index is 394. The molecule has 3 N–H and O–H groups in total. The van der Waals surface area contributed by atoms with Crippen molar-refractivity contribution >= 4 is 17.0 Å². The Morgan fingerprint density at radius 3 is 2.43 bits per heavy atom. The highest BCUT2D eigenvalue weighted by molar-refractivity contribution is 7.10. The SMILES string of the molecule is Nc1ccc([C@H](O)c2cccs2)cc1. The van der Waals surface area contributed by atoms with Crippen LogP contribution in [0.1, 0.15) is 16.5 Å². The third kappa shape index (κ3) is 1.78. The number of aliphatic hydroxyl groups excluding tert-OH is 1. The minimum absolute atomic E-state index is 0.532. The molecule has 1 heterocycles. The van der Waals surface area contributed by atoms with E-state index in [1.54, 1.807) is 23.5 Å². The minimum atomic E-state index is -0.532. The molecule has 0 spiro atoms. The van der Waals surface area contributed by atoms with Crippen molar-refractivity contribution in [3.05, 3.63) is 52.2 Å². The van der Waals surface area contributed by atoms with Gasteiger partial charge in [0.2, 0.25) is 0 Å². The van der Waals surface area contributed by atoms with Crippen molar-refractivity contribution in [2.24, 2.45) is 0 Å². The largest absolute Gasteiger partial charge is 0.399 e. The number of rotatable bonds is 2. The second kappa shape index (κ2) is 3.82. The van der Waals surface area contributed by atoms with Gasteiger partial charge in [-0.1, -0.05) is 18.2 Å². The van der Waals surface area contributed by atoms with Crippen molar-refractivity contribution in [2.75, 3.05) is 5.73 Å². The first-order valence-corrected chi connectivity index (χ1v) is 5.22. The van der Waals surface area contributed by atoms with Gasteiger partial charge in [0.25, 0.3) is 0 Å². The summed E-state index contributed by atoms with van der Waals surface area (Å²) in [5.74, 6) is 0. The van der Waals surface area contributed by atoms with Crippen LogP contribution in [0.3, 0.4) is 0 Å². The third-order valence-electron chi connectivity index (χ3n) is 2.06. The van der Waals surface area contributed by atoms with Crippen LogP contribution in [-0.2, 0) is 0 Å². The number of anilines is 1. The van der Waals surface area contributed by atoms with Gasteiger partial charge in [0, 0.05) is 10.6 Å². The summed E-state index contributed by atoms with van der Waals surface area (Å²) in [5, 5.41) is 11.9. The standard InChI is InChI=1S/C11H11NOS/c12-9-5-3-8(4-6-9)11(13)10-2-1-7-14-10/h1-7,11,13H,12H2/t11-/m0/s1. The second-order valence-electron chi connectivity index (χ2n) is 3.08. The highest BCUT2D eigenvalue weighted by Gasteiger charge is 2.10. The first-order valence-electron chi connectivity index (χ1n) is 4.34. The van der Waals surface area contributed by atoms with Gasteiger partial charge in [-0.15, -0.1) is 11.3 Å². The van der Waals surface area contributed by atoms with Crippen molar-refractivity contribution < 1.29 is 5.11 Å². The van der Waals surface area contributed by atoms with Crippen molar-refractivity contribution in [1.29, 1.82) is 0 Å². The van der Waals surface area contributed by atoms with Crippen molar-refractivity contribution in [3.8, 4) is 0 Å². The summed E-state index contributed by atoms with van der Waals surface area (Å²) in [7, 11) is 0. The molecule has 0 fully saturated rings. The number of benzene rings is 1. The molecule has 2 aromatic rings. The lowest BCUT2D eigenvalue weighted by Crippen LogP contribution is -1.96. The molecule has 0 aliphatic heterocycles. The molecule has 72 valence electrons. The summed E-state index contributed by atoms with van der Waals surface area (Å²) >= 11 is 1.55. The van der Waals surface area contributed by atoms with Crippen LogP contribution in [0.4, 0.5) is 5.69 Å². The maximum atomic E-state index is 9.94. The van der Waals surface area contributed by atoms with Crippen LogP contribution < -0.4 is 5.73 Å². The molecule has 0 bridgehead atoms. The van der Waals surface area contributed by atoms with Gasteiger partial charge in [-0.05, 0) is 29.1 Å². The van der Waals surface area contributed by atoms with E-state index in [0.717, 1.165) is 10.4 Å². The number of nitrogen functional groups attached to an aromatic ring is 1. The number of hydrogen-bond acceptors (Lipinski definition) is 3. The molecule has 0 radical (unpaired) electrons. The van der Waals surface area contributed by atoms with Crippen LogP contribution >= 0.6 is 11.3 Å². The van der Waals surface area contributed by atoms with Crippen LogP contribution in [0.15, 0.2) is 41.8 Å². The average molecular weight is 205 g/mol.